The van der Waals surface area contributed by atoms with Gasteiger partial charge in [0.2, 0.25) is 5.91 Å². The van der Waals surface area contributed by atoms with Crippen LogP contribution in [0.3, 0.4) is 0 Å². The lowest BCUT2D eigenvalue weighted by Gasteiger charge is -2.19. The summed E-state index contributed by atoms with van der Waals surface area (Å²) in [6.45, 7) is 7.30. The number of benzene rings is 2. The number of aromatic nitrogens is 3. The number of rotatable bonds is 7. The summed E-state index contributed by atoms with van der Waals surface area (Å²) in [5.41, 5.74) is 7.53. The van der Waals surface area contributed by atoms with Gasteiger partial charge in [0.05, 0.1) is 6.54 Å². The van der Waals surface area contributed by atoms with Gasteiger partial charge in [-0.15, -0.1) is 0 Å². The van der Waals surface area contributed by atoms with Gasteiger partial charge in [-0.25, -0.2) is 4.98 Å². The first-order chi connectivity index (χ1) is 14.8. The molecule has 0 aliphatic carbocycles. The molecule has 0 aliphatic rings. The number of amides is 2. The van der Waals surface area contributed by atoms with Crippen molar-refractivity contribution in [1.82, 2.24) is 25.6 Å². The molecule has 0 bridgehead atoms. The number of nitrogens with one attached hydrogen (secondary N) is 2. The highest BCUT2D eigenvalue weighted by atomic mass is 16.5. The van der Waals surface area contributed by atoms with E-state index in [0.29, 0.717) is 18.7 Å². The average molecular weight is 422 g/mol. The van der Waals surface area contributed by atoms with Crippen molar-refractivity contribution in [1.29, 1.82) is 0 Å². The van der Waals surface area contributed by atoms with Crippen LogP contribution < -0.4 is 15.6 Å². The van der Waals surface area contributed by atoms with Crippen LogP contribution in [0.2, 0.25) is 0 Å². The van der Waals surface area contributed by atoms with E-state index < -0.39 is 0 Å². The van der Waals surface area contributed by atoms with Gasteiger partial charge >= 0.3 is 0 Å². The smallest absolute Gasteiger partial charge is 0.269 e. The minimum Gasteiger partial charge on any atom is -0.489 e. The minimum atomic E-state index is -0.389. The van der Waals surface area contributed by atoms with Crippen molar-refractivity contribution >= 4 is 11.8 Å². The van der Waals surface area contributed by atoms with E-state index in [9.17, 15) is 9.59 Å². The van der Waals surface area contributed by atoms with Gasteiger partial charge in [0.15, 0.2) is 0 Å². The second-order valence-electron chi connectivity index (χ2n) is 8.17. The highest BCUT2D eigenvalue weighted by Gasteiger charge is 2.13. The van der Waals surface area contributed by atoms with Crippen LogP contribution >= 0.6 is 0 Å². The van der Waals surface area contributed by atoms with Crippen LogP contribution in [0.15, 0.2) is 61.2 Å². The number of carbonyl (C=O) groups is 2. The summed E-state index contributed by atoms with van der Waals surface area (Å²) < 4.78 is 7.37. The number of carbonyl (C=O) groups excluding carboxylic acids is 2. The van der Waals surface area contributed by atoms with Gasteiger partial charge in [0, 0.05) is 12.0 Å². The number of nitrogens with zero attached hydrogens (tertiary/aromatic N) is 3. The van der Waals surface area contributed by atoms with Gasteiger partial charge in [-0.3, -0.25) is 25.1 Å². The molecule has 0 aliphatic heterocycles. The fraction of sp³-hybridized carbons (Fsp3) is 0.304. The number of aryl methyl sites for hydroxylation is 1. The minimum absolute atomic E-state index is 0.103. The molecule has 0 unspecified atom stereocenters. The Morgan fingerprint density at radius 3 is 2.32 bits per heavy atom. The summed E-state index contributed by atoms with van der Waals surface area (Å²) in [5, 5.41) is 3.91. The SMILES string of the molecule is CC(C)(C)c1ccc(OCc2ccc(C(=O)NNC(=O)CCn3cncn3)cc2)cc1. The monoisotopic (exact) mass is 421 g/mol. The molecule has 0 radical (unpaired) electrons. The van der Waals surface area contributed by atoms with E-state index in [1.807, 2.05) is 24.3 Å². The maximum absolute atomic E-state index is 12.2. The first kappa shape index (κ1) is 22.0. The summed E-state index contributed by atoms with van der Waals surface area (Å²) in [6.07, 6.45) is 3.10. The standard InChI is InChI=1S/C23H27N5O3/c1-23(2,3)19-8-10-20(11-9-19)31-14-17-4-6-18(7-5-17)22(30)27-26-21(29)12-13-28-16-24-15-25-28/h4-11,15-16H,12-14H2,1-3H3,(H,26,29)(H,27,30). The molecule has 1 aromatic heterocycles. The summed E-state index contributed by atoms with van der Waals surface area (Å²) in [6, 6.07) is 15.1. The highest BCUT2D eigenvalue weighted by molar-refractivity contribution is 5.95. The molecule has 3 rings (SSSR count). The molecule has 1 heterocycles. The lowest BCUT2D eigenvalue weighted by Crippen LogP contribution is -2.41. The van der Waals surface area contributed by atoms with Gasteiger partial charge in [-0.1, -0.05) is 45.0 Å². The van der Waals surface area contributed by atoms with E-state index in [1.165, 1.54) is 18.2 Å². The molecule has 8 heteroatoms. The molecule has 0 saturated carbocycles. The summed E-state index contributed by atoms with van der Waals surface area (Å²) in [5.74, 6) is 0.0918. The van der Waals surface area contributed by atoms with E-state index >= 15 is 0 Å². The topological polar surface area (TPSA) is 98.1 Å². The zero-order valence-electron chi connectivity index (χ0n) is 18.0. The van der Waals surface area contributed by atoms with Crippen LogP contribution in [-0.4, -0.2) is 26.6 Å². The Bertz CT molecular complexity index is 991. The third kappa shape index (κ3) is 6.67. The second kappa shape index (κ2) is 9.88. The van der Waals surface area contributed by atoms with E-state index in [1.54, 1.807) is 16.8 Å². The third-order valence-corrected chi connectivity index (χ3v) is 4.69. The Hall–Kier alpha value is -3.68. The van der Waals surface area contributed by atoms with Crippen molar-refractivity contribution in [2.45, 2.75) is 45.8 Å². The number of hydrogen-bond donors (Lipinski definition) is 2. The lowest BCUT2D eigenvalue weighted by atomic mass is 9.87. The molecule has 0 atom stereocenters. The zero-order valence-corrected chi connectivity index (χ0v) is 18.0. The predicted octanol–water partition coefficient (Wildman–Crippen LogP) is 3.01. The Morgan fingerprint density at radius 1 is 1.00 bits per heavy atom. The van der Waals surface area contributed by atoms with Crippen LogP contribution in [0.4, 0.5) is 0 Å². The van der Waals surface area contributed by atoms with Gasteiger partial charge in [0.25, 0.3) is 5.91 Å². The molecule has 31 heavy (non-hydrogen) atoms. The number of hydrazine groups is 1. The molecule has 0 spiro atoms. The fourth-order valence-corrected chi connectivity index (χ4v) is 2.80. The second-order valence-corrected chi connectivity index (χ2v) is 8.17. The maximum Gasteiger partial charge on any atom is 0.269 e. The lowest BCUT2D eigenvalue weighted by molar-refractivity contribution is -0.122. The Kier molecular flexibility index (Phi) is 7.02. The fourth-order valence-electron chi connectivity index (χ4n) is 2.80. The van der Waals surface area contributed by atoms with Crippen molar-refractivity contribution in [3.63, 3.8) is 0 Å². The van der Waals surface area contributed by atoms with Crippen LogP contribution in [0.25, 0.3) is 0 Å². The van der Waals surface area contributed by atoms with Crippen molar-refractivity contribution in [3.8, 4) is 5.75 Å². The predicted molar refractivity (Wildman–Crippen MR) is 116 cm³/mol. The molecule has 8 nitrogen and oxygen atoms in total. The molecule has 2 N–H and O–H groups in total. The van der Waals surface area contributed by atoms with Crippen LogP contribution in [0.5, 0.6) is 5.75 Å². The third-order valence-electron chi connectivity index (χ3n) is 4.69. The van der Waals surface area contributed by atoms with Crippen molar-refractivity contribution < 1.29 is 14.3 Å². The zero-order chi connectivity index (χ0) is 22.3. The average Bonchev–Trinajstić information content (AvgIpc) is 3.28. The van der Waals surface area contributed by atoms with E-state index in [4.69, 9.17) is 4.74 Å². The van der Waals surface area contributed by atoms with Crippen LogP contribution in [0.1, 0.15) is 48.7 Å². The molecule has 2 amide bonds. The molecular formula is C23H27N5O3. The Morgan fingerprint density at radius 2 is 1.71 bits per heavy atom. The largest absolute Gasteiger partial charge is 0.489 e. The van der Waals surface area contributed by atoms with Gasteiger partial charge in [-0.05, 0) is 40.8 Å². The first-order valence-electron chi connectivity index (χ1n) is 10.0. The highest BCUT2D eigenvalue weighted by Crippen LogP contribution is 2.24. The van der Waals surface area contributed by atoms with E-state index in [2.05, 4.69) is 53.8 Å². The van der Waals surface area contributed by atoms with Gasteiger partial charge in [0.1, 0.15) is 25.0 Å². The number of hydrogen-bond acceptors (Lipinski definition) is 5. The molecule has 162 valence electrons. The van der Waals surface area contributed by atoms with Crippen LogP contribution in [-0.2, 0) is 23.4 Å². The molecule has 2 aromatic carbocycles. The van der Waals surface area contributed by atoms with Crippen molar-refractivity contribution in [2.24, 2.45) is 0 Å². The van der Waals surface area contributed by atoms with Gasteiger partial charge < -0.3 is 4.74 Å². The quantitative estimate of drug-likeness (QED) is 0.572. The maximum atomic E-state index is 12.2. The summed E-state index contributed by atoms with van der Waals surface area (Å²) >= 11 is 0. The van der Waals surface area contributed by atoms with Gasteiger partial charge in [-0.2, -0.15) is 5.10 Å². The van der Waals surface area contributed by atoms with Crippen molar-refractivity contribution in [2.75, 3.05) is 0 Å². The molecule has 0 saturated heterocycles. The molecular weight excluding hydrogens is 394 g/mol. The van der Waals surface area contributed by atoms with Crippen molar-refractivity contribution in [3.05, 3.63) is 77.9 Å². The van der Waals surface area contributed by atoms with E-state index in [0.717, 1.165) is 11.3 Å². The Labute approximate surface area is 181 Å². The Balaban J connectivity index is 1.43. The van der Waals surface area contributed by atoms with Crippen LogP contribution in [0, 0.1) is 0 Å². The first-order valence-corrected chi connectivity index (χ1v) is 10.0. The molecule has 0 fully saturated rings. The normalized spacial score (nSPS) is 11.1. The molecule has 3 aromatic rings. The summed E-state index contributed by atoms with van der Waals surface area (Å²) in [7, 11) is 0. The number of ether oxygens (including phenoxy) is 1. The summed E-state index contributed by atoms with van der Waals surface area (Å²) in [4.78, 5) is 27.8. The van der Waals surface area contributed by atoms with E-state index in [-0.39, 0.29) is 23.7 Å².